The Hall–Kier alpha value is -2.47. The van der Waals surface area contributed by atoms with Crippen LogP contribution < -0.4 is 0 Å². The number of carbonyl (C=O) groups is 1. The summed E-state index contributed by atoms with van der Waals surface area (Å²) in [6.45, 7) is 0.621. The van der Waals surface area contributed by atoms with E-state index in [2.05, 4.69) is 0 Å². The maximum absolute atomic E-state index is 13.3. The zero-order valence-corrected chi connectivity index (χ0v) is 16.0. The van der Waals surface area contributed by atoms with Gasteiger partial charge in [-0.2, -0.15) is 0 Å². The van der Waals surface area contributed by atoms with Gasteiger partial charge in [-0.05, 0) is 30.7 Å². The maximum atomic E-state index is 13.3. The number of aliphatic hydroxyl groups excluding tert-OH is 2. The summed E-state index contributed by atoms with van der Waals surface area (Å²) in [5, 5.41) is 20.8. The smallest absolute Gasteiger partial charge is 0.254 e. The van der Waals surface area contributed by atoms with Crippen LogP contribution in [-0.2, 0) is 0 Å². The second-order valence-electron chi connectivity index (χ2n) is 7.13. The third-order valence-corrected chi connectivity index (χ3v) is 5.55. The van der Waals surface area contributed by atoms with Crippen LogP contribution in [0.15, 0.2) is 54.6 Å². The van der Waals surface area contributed by atoms with E-state index in [0.29, 0.717) is 40.1 Å². The van der Waals surface area contributed by atoms with E-state index in [-0.39, 0.29) is 25.0 Å². The van der Waals surface area contributed by atoms with Gasteiger partial charge in [0.05, 0.1) is 22.9 Å². The van der Waals surface area contributed by atoms with Gasteiger partial charge in [0.25, 0.3) is 5.91 Å². The monoisotopic (exact) mass is 396 g/mol. The minimum Gasteiger partial charge on any atom is -0.396 e. The molecule has 1 aliphatic rings. The predicted molar refractivity (Wildman–Crippen MR) is 109 cm³/mol. The minimum absolute atomic E-state index is 0.0743. The summed E-state index contributed by atoms with van der Waals surface area (Å²) >= 11 is 6.18. The fourth-order valence-corrected chi connectivity index (χ4v) is 3.85. The van der Waals surface area contributed by atoms with Crippen LogP contribution in [0.4, 0.5) is 0 Å². The lowest BCUT2D eigenvalue weighted by molar-refractivity contribution is 0.000951. The molecular formula is C22H21ClN2O3. The van der Waals surface area contributed by atoms with Crippen LogP contribution in [0.1, 0.15) is 16.8 Å². The Morgan fingerprint density at radius 1 is 1.18 bits per heavy atom. The van der Waals surface area contributed by atoms with Gasteiger partial charge in [0.15, 0.2) is 0 Å². The average Bonchev–Trinajstić information content (AvgIpc) is 2.73. The van der Waals surface area contributed by atoms with Gasteiger partial charge in [0, 0.05) is 41.6 Å². The number of aliphatic hydroxyl groups is 2. The summed E-state index contributed by atoms with van der Waals surface area (Å²) < 4.78 is 0. The van der Waals surface area contributed by atoms with Crippen molar-refractivity contribution < 1.29 is 15.0 Å². The summed E-state index contributed by atoms with van der Waals surface area (Å²) in [6, 6.07) is 16.8. The molecule has 5 nitrogen and oxygen atoms in total. The Kier molecular flexibility index (Phi) is 5.31. The molecule has 0 saturated carbocycles. The van der Waals surface area contributed by atoms with Crippen LogP contribution >= 0.6 is 11.6 Å². The van der Waals surface area contributed by atoms with E-state index >= 15 is 0 Å². The Bertz CT molecular complexity index is 1010. The molecule has 0 bridgehead atoms. The van der Waals surface area contributed by atoms with E-state index in [9.17, 15) is 15.0 Å². The number of β-amino-alcohol motifs (C(OH)–C–C–N with tert-alkyl or cyclic N) is 1. The second kappa shape index (κ2) is 7.87. The molecule has 3 aromatic rings. The van der Waals surface area contributed by atoms with E-state index < -0.39 is 6.10 Å². The molecule has 2 aromatic carbocycles. The van der Waals surface area contributed by atoms with Crippen molar-refractivity contribution in [2.24, 2.45) is 5.92 Å². The summed E-state index contributed by atoms with van der Waals surface area (Å²) in [7, 11) is 0. The number of pyridine rings is 1. The number of hydrogen-bond acceptors (Lipinski definition) is 4. The number of piperidine rings is 1. The lowest BCUT2D eigenvalue weighted by Crippen LogP contribution is -2.47. The first-order valence-corrected chi connectivity index (χ1v) is 9.68. The SMILES string of the molecule is O=C(c1cc(-c2ccccc2)nc2ccc(Cl)cc12)N1CC[C@H](CO)[C@H](O)C1. The number of amides is 1. The van der Waals surface area contributed by atoms with Gasteiger partial charge in [-0.15, -0.1) is 0 Å². The summed E-state index contributed by atoms with van der Waals surface area (Å²) in [4.78, 5) is 19.7. The quantitative estimate of drug-likeness (QED) is 0.711. The normalized spacial score (nSPS) is 19.8. The molecule has 0 radical (unpaired) electrons. The van der Waals surface area contributed by atoms with Crippen molar-refractivity contribution in [3.05, 3.63) is 65.2 Å². The summed E-state index contributed by atoms with van der Waals surface area (Å²) in [5.41, 5.74) is 2.85. The molecule has 2 atom stereocenters. The zero-order valence-electron chi connectivity index (χ0n) is 15.3. The Morgan fingerprint density at radius 2 is 1.96 bits per heavy atom. The highest BCUT2D eigenvalue weighted by molar-refractivity contribution is 6.31. The van der Waals surface area contributed by atoms with Crippen LogP contribution in [0.25, 0.3) is 22.2 Å². The maximum Gasteiger partial charge on any atom is 0.254 e. The minimum atomic E-state index is -0.729. The first-order chi connectivity index (χ1) is 13.6. The van der Waals surface area contributed by atoms with Gasteiger partial charge in [-0.3, -0.25) is 4.79 Å². The molecule has 1 aromatic heterocycles. The highest BCUT2D eigenvalue weighted by atomic mass is 35.5. The zero-order chi connectivity index (χ0) is 19.7. The van der Waals surface area contributed by atoms with Crippen LogP contribution in [0.5, 0.6) is 0 Å². The average molecular weight is 397 g/mol. The van der Waals surface area contributed by atoms with Gasteiger partial charge in [0.2, 0.25) is 0 Å². The molecule has 144 valence electrons. The van der Waals surface area contributed by atoms with Crippen molar-refractivity contribution in [2.45, 2.75) is 12.5 Å². The van der Waals surface area contributed by atoms with Gasteiger partial charge in [0.1, 0.15) is 0 Å². The Morgan fingerprint density at radius 3 is 2.68 bits per heavy atom. The summed E-state index contributed by atoms with van der Waals surface area (Å²) in [5.74, 6) is -0.352. The topological polar surface area (TPSA) is 73.7 Å². The molecule has 1 saturated heterocycles. The van der Waals surface area contributed by atoms with E-state index in [1.54, 1.807) is 23.1 Å². The lowest BCUT2D eigenvalue weighted by atomic mass is 9.94. The van der Waals surface area contributed by atoms with Crippen molar-refractivity contribution in [2.75, 3.05) is 19.7 Å². The number of hydrogen-bond donors (Lipinski definition) is 2. The van der Waals surface area contributed by atoms with Crippen molar-refractivity contribution in [3.63, 3.8) is 0 Å². The standard InChI is InChI=1S/C22H21ClN2O3/c23-16-6-7-19-17(10-16)18(11-20(24-19)14-4-2-1-3-5-14)22(28)25-9-8-15(13-26)21(27)12-25/h1-7,10-11,15,21,26-27H,8-9,12-13H2/t15-,21-/m1/s1. The number of aromatic nitrogens is 1. The van der Waals surface area contributed by atoms with Gasteiger partial charge < -0.3 is 15.1 Å². The van der Waals surface area contributed by atoms with Crippen LogP contribution in [0.2, 0.25) is 5.02 Å². The number of nitrogens with zero attached hydrogens (tertiary/aromatic N) is 2. The van der Waals surface area contributed by atoms with Crippen molar-refractivity contribution in [1.82, 2.24) is 9.88 Å². The first kappa shape index (κ1) is 18.9. The lowest BCUT2D eigenvalue weighted by Gasteiger charge is -2.35. The predicted octanol–water partition coefficient (Wildman–Crippen LogP) is 3.37. The van der Waals surface area contributed by atoms with E-state index in [4.69, 9.17) is 16.6 Å². The van der Waals surface area contributed by atoms with Crippen molar-refractivity contribution in [3.8, 4) is 11.3 Å². The van der Waals surface area contributed by atoms with E-state index in [1.807, 2.05) is 36.4 Å². The van der Waals surface area contributed by atoms with Crippen LogP contribution in [-0.4, -0.2) is 51.8 Å². The molecule has 4 rings (SSSR count). The fraction of sp³-hybridized carbons (Fsp3) is 0.273. The number of likely N-dealkylation sites (tertiary alicyclic amines) is 1. The first-order valence-electron chi connectivity index (χ1n) is 9.30. The van der Waals surface area contributed by atoms with E-state index in [0.717, 1.165) is 5.56 Å². The largest absolute Gasteiger partial charge is 0.396 e. The van der Waals surface area contributed by atoms with Gasteiger partial charge in [-0.1, -0.05) is 41.9 Å². The number of rotatable bonds is 3. The van der Waals surface area contributed by atoms with Crippen LogP contribution in [0, 0.1) is 5.92 Å². The molecule has 1 fully saturated rings. The number of carbonyl (C=O) groups excluding carboxylic acids is 1. The van der Waals surface area contributed by atoms with Crippen molar-refractivity contribution in [1.29, 1.82) is 0 Å². The molecule has 1 aliphatic heterocycles. The molecule has 0 spiro atoms. The van der Waals surface area contributed by atoms with Crippen molar-refractivity contribution >= 4 is 28.4 Å². The Balaban J connectivity index is 1.78. The third-order valence-electron chi connectivity index (χ3n) is 5.31. The molecule has 1 amide bonds. The highest BCUT2D eigenvalue weighted by Crippen LogP contribution is 2.29. The molecular weight excluding hydrogens is 376 g/mol. The molecule has 0 aliphatic carbocycles. The summed E-state index contributed by atoms with van der Waals surface area (Å²) in [6.07, 6.45) is -0.161. The Labute approximate surface area is 168 Å². The number of fused-ring (bicyclic) bond motifs is 1. The molecule has 6 heteroatoms. The van der Waals surface area contributed by atoms with Gasteiger partial charge in [-0.25, -0.2) is 4.98 Å². The number of benzene rings is 2. The third kappa shape index (κ3) is 3.61. The molecule has 2 N–H and O–H groups in total. The highest BCUT2D eigenvalue weighted by Gasteiger charge is 2.31. The van der Waals surface area contributed by atoms with E-state index in [1.165, 1.54) is 0 Å². The molecule has 2 heterocycles. The number of halogens is 1. The fourth-order valence-electron chi connectivity index (χ4n) is 3.68. The second-order valence-corrected chi connectivity index (χ2v) is 7.57. The van der Waals surface area contributed by atoms with Crippen LogP contribution in [0.3, 0.4) is 0 Å². The molecule has 28 heavy (non-hydrogen) atoms. The molecule has 0 unspecified atom stereocenters. The van der Waals surface area contributed by atoms with Gasteiger partial charge >= 0.3 is 0 Å².